The SMILES string of the molecule is C=C(O)c1cc2c(OC)cccc2[nH]1. The number of H-pyrrole nitrogens is 1. The predicted molar refractivity (Wildman–Crippen MR) is 56.5 cm³/mol. The molecule has 0 radical (unpaired) electrons. The molecular weight excluding hydrogens is 178 g/mol. The third-order valence-corrected chi connectivity index (χ3v) is 2.15. The lowest BCUT2D eigenvalue weighted by Crippen LogP contribution is -1.81. The molecule has 2 aromatic rings. The fraction of sp³-hybridized carbons (Fsp3) is 0.0909. The van der Waals surface area contributed by atoms with Crippen LogP contribution in [0.15, 0.2) is 30.8 Å². The first-order valence-electron chi connectivity index (χ1n) is 4.26. The Morgan fingerprint density at radius 3 is 2.93 bits per heavy atom. The van der Waals surface area contributed by atoms with Gasteiger partial charge in [0.05, 0.1) is 12.8 Å². The van der Waals surface area contributed by atoms with E-state index in [-0.39, 0.29) is 5.76 Å². The van der Waals surface area contributed by atoms with Crippen LogP contribution < -0.4 is 4.74 Å². The average molecular weight is 189 g/mol. The first-order chi connectivity index (χ1) is 6.72. The molecule has 0 unspecified atom stereocenters. The van der Waals surface area contributed by atoms with Crippen molar-refractivity contribution in [2.45, 2.75) is 0 Å². The number of aliphatic hydroxyl groups is 1. The van der Waals surface area contributed by atoms with Gasteiger partial charge in [-0.3, -0.25) is 0 Å². The van der Waals surface area contributed by atoms with Crippen LogP contribution in [-0.2, 0) is 0 Å². The van der Waals surface area contributed by atoms with Gasteiger partial charge in [0.1, 0.15) is 11.5 Å². The lowest BCUT2D eigenvalue weighted by Gasteiger charge is -1.99. The number of ether oxygens (including phenoxy) is 1. The highest BCUT2D eigenvalue weighted by Gasteiger charge is 2.06. The number of aromatic amines is 1. The summed E-state index contributed by atoms with van der Waals surface area (Å²) in [7, 11) is 1.62. The van der Waals surface area contributed by atoms with Crippen molar-refractivity contribution in [3.8, 4) is 5.75 Å². The summed E-state index contributed by atoms with van der Waals surface area (Å²) in [5.41, 5.74) is 1.54. The van der Waals surface area contributed by atoms with E-state index in [1.165, 1.54) is 0 Å². The van der Waals surface area contributed by atoms with Gasteiger partial charge in [-0.15, -0.1) is 0 Å². The zero-order chi connectivity index (χ0) is 10.1. The van der Waals surface area contributed by atoms with Gasteiger partial charge in [-0.2, -0.15) is 0 Å². The van der Waals surface area contributed by atoms with Crippen LogP contribution in [0.2, 0.25) is 0 Å². The molecule has 14 heavy (non-hydrogen) atoms. The van der Waals surface area contributed by atoms with Gasteiger partial charge in [0, 0.05) is 10.9 Å². The van der Waals surface area contributed by atoms with Gasteiger partial charge in [0.25, 0.3) is 0 Å². The predicted octanol–water partition coefficient (Wildman–Crippen LogP) is 2.71. The van der Waals surface area contributed by atoms with E-state index in [9.17, 15) is 5.11 Å². The highest BCUT2D eigenvalue weighted by molar-refractivity contribution is 5.88. The topological polar surface area (TPSA) is 45.2 Å². The number of benzene rings is 1. The molecule has 0 fully saturated rings. The number of hydrogen-bond acceptors (Lipinski definition) is 2. The number of fused-ring (bicyclic) bond motifs is 1. The Labute approximate surface area is 81.6 Å². The molecule has 1 heterocycles. The molecular formula is C11H11NO2. The highest BCUT2D eigenvalue weighted by Crippen LogP contribution is 2.27. The van der Waals surface area contributed by atoms with Crippen molar-refractivity contribution in [1.29, 1.82) is 0 Å². The number of methoxy groups -OCH3 is 1. The zero-order valence-corrected chi connectivity index (χ0v) is 7.87. The summed E-state index contributed by atoms with van der Waals surface area (Å²) in [6, 6.07) is 7.50. The Balaban J connectivity index is 2.70. The van der Waals surface area contributed by atoms with Crippen LogP contribution in [0.1, 0.15) is 5.69 Å². The average Bonchev–Trinajstić information content (AvgIpc) is 2.60. The van der Waals surface area contributed by atoms with Crippen LogP contribution in [0, 0.1) is 0 Å². The van der Waals surface area contributed by atoms with Crippen molar-refractivity contribution >= 4 is 16.7 Å². The number of hydrogen-bond donors (Lipinski definition) is 2. The third-order valence-electron chi connectivity index (χ3n) is 2.15. The Morgan fingerprint density at radius 1 is 1.50 bits per heavy atom. The summed E-state index contributed by atoms with van der Waals surface area (Å²) in [5.74, 6) is 0.814. The van der Waals surface area contributed by atoms with Gasteiger partial charge in [0.2, 0.25) is 0 Å². The lowest BCUT2D eigenvalue weighted by atomic mass is 10.2. The molecule has 3 nitrogen and oxygen atoms in total. The molecule has 0 bridgehead atoms. The molecule has 2 N–H and O–H groups in total. The normalized spacial score (nSPS) is 10.4. The van der Waals surface area contributed by atoms with Gasteiger partial charge in [0.15, 0.2) is 0 Å². The minimum atomic E-state index is 0.0308. The zero-order valence-electron chi connectivity index (χ0n) is 7.87. The minimum absolute atomic E-state index is 0.0308. The van der Waals surface area contributed by atoms with E-state index in [1.807, 2.05) is 24.3 Å². The third kappa shape index (κ3) is 1.23. The minimum Gasteiger partial charge on any atom is -0.506 e. The molecule has 72 valence electrons. The van der Waals surface area contributed by atoms with E-state index in [0.29, 0.717) is 5.69 Å². The molecule has 0 amide bonds. The van der Waals surface area contributed by atoms with E-state index < -0.39 is 0 Å². The summed E-state index contributed by atoms with van der Waals surface area (Å²) < 4.78 is 5.19. The number of rotatable bonds is 2. The molecule has 1 aromatic carbocycles. The van der Waals surface area contributed by atoms with Gasteiger partial charge >= 0.3 is 0 Å². The van der Waals surface area contributed by atoms with Gasteiger partial charge < -0.3 is 14.8 Å². The van der Waals surface area contributed by atoms with Crippen LogP contribution in [0.5, 0.6) is 5.75 Å². The van der Waals surface area contributed by atoms with E-state index in [4.69, 9.17) is 4.74 Å². The summed E-state index contributed by atoms with van der Waals surface area (Å²) in [4.78, 5) is 3.04. The molecule has 0 aliphatic heterocycles. The number of aliphatic hydroxyl groups excluding tert-OH is 1. The molecule has 0 saturated carbocycles. The maximum absolute atomic E-state index is 9.22. The maximum Gasteiger partial charge on any atom is 0.131 e. The Bertz CT molecular complexity index is 485. The Hall–Kier alpha value is -1.90. The van der Waals surface area contributed by atoms with E-state index >= 15 is 0 Å². The van der Waals surface area contributed by atoms with Crippen molar-refractivity contribution in [1.82, 2.24) is 4.98 Å². The summed E-state index contributed by atoms with van der Waals surface area (Å²) in [6.45, 7) is 3.46. The first-order valence-corrected chi connectivity index (χ1v) is 4.26. The Kier molecular flexibility index (Phi) is 1.93. The molecule has 0 atom stereocenters. The second-order valence-corrected chi connectivity index (χ2v) is 3.05. The summed E-state index contributed by atoms with van der Waals surface area (Å²) in [6.07, 6.45) is 0. The molecule has 1 aromatic heterocycles. The van der Waals surface area contributed by atoms with Crippen molar-refractivity contribution in [2.24, 2.45) is 0 Å². The summed E-state index contributed by atoms with van der Waals surface area (Å²) in [5, 5.41) is 10.2. The van der Waals surface area contributed by atoms with Gasteiger partial charge in [-0.05, 0) is 18.2 Å². The van der Waals surface area contributed by atoms with Crippen molar-refractivity contribution in [3.63, 3.8) is 0 Å². The molecule has 0 aliphatic rings. The Morgan fingerprint density at radius 2 is 2.29 bits per heavy atom. The van der Waals surface area contributed by atoms with Crippen molar-refractivity contribution in [2.75, 3.05) is 7.11 Å². The maximum atomic E-state index is 9.22. The van der Waals surface area contributed by atoms with Gasteiger partial charge in [-0.1, -0.05) is 12.6 Å². The van der Waals surface area contributed by atoms with Crippen LogP contribution >= 0.6 is 0 Å². The van der Waals surface area contributed by atoms with E-state index in [0.717, 1.165) is 16.7 Å². The van der Waals surface area contributed by atoms with E-state index in [1.54, 1.807) is 7.11 Å². The van der Waals surface area contributed by atoms with Gasteiger partial charge in [-0.25, -0.2) is 0 Å². The fourth-order valence-electron chi connectivity index (χ4n) is 1.46. The molecule has 0 spiro atoms. The molecule has 0 saturated heterocycles. The first kappa shape index (κ1) is 8.69. The smallest absolute Gasteiger partial charge is 0.131 e. The second kappa shape index (κ2) is 3.10. The molecule has 3 heteroatoms. The van der Waals surface area contributed by atoms with Crippen LogP contribution in [-0.4, -0.2) is 17.2 Å². The molecule has 0 aliphatic carbocycles. The summed E-state index contributed by atoms with van der Waals surface area (Å²) >= 11 is 0. The fourth-order valence-corrected chi connectivity index (χ4v) is 1.46. The monoisotopic (exact) mass is 189 g/mol. The molecule has 2 rings (SSSR count). The second-order valence-electron chi connectivity index (χ2n) is 3.05. The van der Waals surface area contributed by atoms with Crippen LogP contribution in [0.4, 0.5) is 0 Å². The van der Waals surface area contributed by atoms with Crippen molar-refractivity contribution < 1.29 is 9.84 Å². The van der Waals surface area contributed by atoms with E-state index in [2.05, 4.69) is 11.6 Å². The number of aromatic nitrogens is 1. The largest absolute Gasteiger partial charge is 0.506 e. The van der Waals surface area contributed by atoms with Crippen LogP contribution in [0.25, 0.3) is 16.7 Å². The quantitative estimate of drug-likeness (QED) is 0.713. The lowest BCUT2D eigenvalue weighted by molar-refractivity contribution is 0.420. The highest BCUT2D eigenvalue weighted by atomic mass is 16.5. The van der Waals surface area contributed by atoms with Crippen LogP contribution in [0.3, 0.4) is 0 Å². The number of nitrogens with one attached hydrogen (secondary N) is 1. The standard InChI is InChI=1S/C11H11NO2/c1-7(13)10-6-8-9(12-10)4-3-5-11(8)14-2/h3-6,12-13H,1H2,2H3. The van der Waals surface area contributed by atoms with Crippen molar-refractivity contribution in [3.05, 3.63) is 36.5 Å².